The van der Waals surface area contributed by atoms with Crippen LogP contribution in [0.2, 0.25) is 0 Å². The molecule has 0 aliphatic carbocycles. The zero-order valence-corrected chi connectivity index (χ0v) is 12.7. The van der Waals surface area contributed by atoms with Gasteiger partial charge in [0.2, 0.25) is 5.91 Å². The van der Waals surface area contributed by atoms with Gasteiger partial charge in [0.25, 0.3) is 0 Å². The van der Waals surface area contributed by atoms with Crippen molar-refractivity contribution in [3.05, 3.63) is 24.3 Å². The number of amides is 1. The van der Waals surface area contributed by atoms with E-state index in [2.05, 4.69) is 24.1 Å². The van der Waals surface area contributed by atoms with E-state index in [-0.39, 0.29) is 5.91 Å². The van der Waals surface area contributed by atoms with Crippen LogP contribution >= 0.6 is 0 Å². The molecule has 0 aliphatic rings. The Hall–Kier alpha value is -1.55. The fourth-order valence-corrected chi connectivity index (χ4v) is 2.04. The van der Waals surface area contributed by atoms with Crippen LogP contribution < -0.4 is 11.1 Å². The summed E-state index contributed by atoms with van der Waals surface area (Å²) in [6.07, 6.45) is 4.56. The summed E-state index contributed by atoms with van der Waals surface area (Å²) in [5.41, 5.74) is 7.14. The van der Waals surface area contributed by atoms with E-state index in [1.807, 2.05) is 18.2 Å². The predicted octanol–water partition coefficient (Wildman–Crippen LogP) is 3.11. The molecule has 0 unspecified atom stereocenters. The van der Waals surface area contributed by atoms with Crippen LogP contribution in [0.1, 0.15) is 39.5 Å². The first kappa shape index (κ1) is 16.5. The summed E-state index contributed by atoms with van der Waals surface area (Å²) in [4.78, 5) is 14.3. The van der Waals surface area contributed by atoms with Gasteiger partial charge in [-0.2, -0.15) is 0 Å². The summed E-state index contributed by atoms with van der Waals surface area (Å²) in [7, 11) is 0. The van der Waals surface area contributed by atoms with Gasteiger partial charge in [-0.3, -0.25) is 9.69 Å². The lowest BCUT2D eigenvalue weighted by Crippen LogP contribution is -2.34. The zero-order valence-electron chi connectivity index (χ0n) is 12.7. The largest absolute Gasteiger partial charge is 0.397 e. The summed E-state index contributed by atoms with van der Waals surface area (Å²) < 4.78 is 0. The molecule has 0 aromatic heterocycles. The molecule has 1 aromatic carbocycles. The van der Waals surface area contributed by atoms with Gasteiger partial charge in [-0.1, -0.05) is 38.8 Å². The molecule has 0 atom stereocenters. The fraction of sp³-hybridized carbons (Fsp3) is 0.562. The molecular formula is C16H27N3O. The fourth-order valence-electron chi connectivity index (χ4n) is 2.04. The Labute approximate surface area is 122 Å². The Morgan fingerprint density at radius 1 is 1.15 bits per heavy atom. The lowest BCUT2D eigenvalue weighted by atomic mass is 10.2. The molecule has 1 aromatic rings. The number of hydrogen-bond acceptors (Lipinski definition) is 3. The molecule has 0 aliphatic heterocycles. The van der Waals surface area contributed by atoms with Crippen LogP contribution in [-0.2, 0) is 4.79 Å². The van der Waals surface area contributed by atoms with E-state index in [1.165, 1.54) is 0 Å². The first-order valence-corrected chi connectivity index (χ1v) is 7.54. The third-order valence-electron chi connectivity index (χ3n) is 3.26. The highest BCUT2D eigenvalue weighted by molar-refractivity contribution is 5.95. The van der Waals surface area contributed by atoms with Crippen molar-refractivity contribution in [1.29, 1.82) is 0 Å². The van der Waals surface area contributed by atoms with Gasteiger partial charge in [-0.15, -0.1) is 0 Å². The van der Waals surface area contributed by atoms with Gasteiger partial charge in [-0.05, 0) is 38.1 Å². The molecule has 0 spiro atoms. The molecule has 112 valence electrons. The Morgan fingerprint density at radius 3 is 2.30 bits per heavy atom. The number of nitrogens with one attached hydrogen (secondary N) is 1. The van der Waals surface area contributed by atoms with Crippen LogP contribution in [0.15, 0.2) is 24.3 Å². The number of para-hydroxylation sites is 2. The quantitative estimate of drug-likeness (QED) is 0.682. The Morgan fingerprint density at radius 2 is 1.75 bits per heavy atom. The highest BCUT2D eigenvalue weighted by Crippen LogP contribution is 2.16. The van der Waals surface area contributed by atoms with Crippen molar-refractivity contribution in [2.24, 2.45) is 0 Å². The third-order valence-corrected chi connectivity index (χ3v) is 3.26. The summed E-state index contributed by atoms with van der Waals surface area (Å²) in [6, 6.07) is 7.36. The number of benzene rings is 1. The van der Waals surface area contributed by atoms with Crippen LogP contribution in [0.4, 0.5) is 11.4 Å². The van der Waals surface area contributed by atoms with Crippen molar-refractivity contribution in [3.63, 3.8) is 0 Å². The lowest BCUT2D eigenvalue weighted by Gasteiger charge is -2.21. The minimum absolute atomic E-state index is 0.00936. The van der Waals surface area contributed by atoms with Crippen molar-refractivity contribution in [1.82, 2.24) is 4.90 Å². The van der Waals surface area contributed by atoms with E-state index in [9.17, 15) is 4.79 Å². The Kier molecular flexibility index (Phi) is 7.73. The molecule has 0 saturated carbocycles. The minimum Gasteiger partial charge on any atom is -0.397 e. The van der Waals surface area contributed by atoms with Gasteiger partial charge in [0.1, 0.15) is 0 Å². The molecule has 1 rings (SSSR count). The first-order chi connectivity index (χ1) is 9.67. The summed E-state index contributed by atoms with van der Waals surface area (Å²) in [6.45, 7) is 6.74. The van der Waals surface area contributed by atoms with Gasteiger partial charge >= 0.3 is 0 Å². The average molecular weight is 277 g/mol. The zero-order chi connectivity index (χ0) is 14.8. The second-order valence-corrected chi connectivity index (χ2v) is 5.12. The molecule has 20 heavy (non-hydrogen) atoms. The van der Waals surface area contributed by atoms with Crippen LogP contribution in [0.5, 0.6) is 0 Å². The van der Waals surface area contributed by atoms with Crippen molar-refractivity contribution in [2.45, 2.75) is 39.5 Å². The number of hydrogen-bond donors (Lipinski definition) is 2. The van der Waals surface area contributed by atoms with Crippen molar-refractivity contribution < 1.29 is 4.79 Å². The molecule has 1 amide bonds. The highest BCUT2D eigenvalue weighted by Gasteiger charge is 2.11. The van der Waals surface area contributed by atoms with Gasteiger partial charge in [0.05, 0.1) is 17.9 Å². The second-order valence-electron chi connectivity index (χ2n) is 5.12. The summed E-state index contributed by atoms with van der Waals surface area (Å²) >= 11 is 0. The molecule has 3 N–H and O–H groups in total. The number of rotatable bonds is 9. The summed E-state index contributed by atoms with van der Waals surface area (Å²) in [5, 5.41) is 2.89. The van der Waals surface area contributed by atoms with Gasteiger partial charge in [-0.25, -0.2) is 0 Å². The lowest BCUT2D eigenvalue weighted by molar-refractivity contribution is -0.117. The van der Waals surface area contributed by atoms with Crippen LogP contribution in [0.3, 0.4) is 0 Å². The molecule has 0 heterocycles. The number of anilines is 2. The van der Waals surface area contributed by atoms with Gasteiger partial charge in [0, 0.05) is 0 Å². The number of unbranched alkanes of at least 4 members (excludes halogenated alkanes) is 2. The maximum Gasteiger partial charge on any atom is 0.238 e. The standard InChI is InChI=1S/C16H27N3O/c1-3-5-11-19(12-6-4-2)13-16(20)18-15-10-8-7-9-14(15)17/h7-10H,3-6,11-13,17H2,1-2H3,(H,18,20). The van der Waals surface area contributed by atoms with Crippen molar-refractivity contribution in [3.8, 4) is 0 Å². The Bertz CT molecular complexity index is 398. The average Bonchev–Trinajstić information content (AvgIpc) is 2.44. The first-order valence-electron chi connectivity index (χ1n) is 7.54. The van der Waals surface area contributed by atoms with Crippen LogP contribution in [-0.4, -0.2) is 30.4 Å². The molecule has 4 nitrogen and oxygen atoms in total. The minimum atomic E-state index is 0.00936. The number of carbonyl (C=O) groups is 1. The molecular weight excluding hydrogens is 250 g/mol. The SMILES string of the molecule is CCCCN(CCCC)CC(=O)Nc1ccccc1N. The maximum absolute atomic E-state index is 12.1. The number of nitrogens with zero attached hydrogens (tertiary/aromatic N) is 1. The molecule has 0 fully saturated rings. The maximum atomic E-state index is 12.1. The summed E-state index contributed by atoms with van der Waals surface area (Å²) in [5.74, 6) is 0.00936. The normalized spacial score (nSPS) is 10.8. The Balaban J connectivity index is 2.50. The van der Waals surface area contributed by atoms with E-state index in [0.29, 0.717) is 17.9 Å². The van der Waals surface area contributed by atoms with Crippen molar-refractivity contribution >= 4 is 17.3 Å². The smallest absolute Gasteiger partial charge is 0.238 e. The molecule has 0 bridgehead atoms. The monoisotopic (exact) mass is 277 g/mol. The van der Waals surface area contributed by atoms with E-state index in [0.717, 1.165) is 38.8 Å². The van der Waals surface area contributed by atoms with E-state index in [1.54, 1.807) is 6.07 Å². The van der Waals surface area contributed by atoms with E-state index in [4.69, 9.17) is 5.73 Å². The van der Waals surface area contributed by atoms with Gasteiger partial charge < -0.3 is 11.1 Å². The van der Waals surface area contributed by atoms with Gasteiger partial charge in [0.15, 0.2) is 0 Å². The highest BCUT2D eigenvalue weighted by atomic mass is 16.2. The third kappa shape index (κ3) is 6.06. The predicted molar refractivity (Wildman–Crippen MR) is 85.7 cm³/mol. The molecule has 0 radical (unpaired) electrons. The van der Waals surface area contributed by atoms with Crippen LogP contribution in [0.25, 0.3) is 0 Å². The molecule has 0 saturated heterocycles. The number of nitrogens with two attached hydrogens (primary N) is 1. The number of carbonyl (C=O) groups excluding carboxylic acids is 1. The van der Waals surface area contributed by atoms with E-state index >= 15 is 0 Å². The number of nitrogen functional groups attached to an aromatic ring is 1. The molecule has 4 heteroatoms. The van der Waals surface area contributed by atoms with Crippen LogP contribution in [0, 0.1) is 0 Å². The topological polar surface area (TPSA) is 58.4 Å². The second kappa shape index (κ2) is 9.37. The van der Waals surface area contributed by atoms with Crippen molar-refractivity contribution in [2.75, 3.05) is 30.7 Å². The van der Waals surface area contributed by atoms with E-state index < -0.39 is 0 Å².